The van der Waals surface area contributed by atoms with Crippen molar-refractivity contribution in [3.63, 3.8) is 0 Å². The van der Waals surface area contributed by atoms with Crippen LogP contribution in [0, 0.1) is 13.8 Å². The van der Waals surface area contributed by atoms with Gasteiger partial charge in [-0.3, -0.25) is 0 Å². The molecule has 0 N–H and O–H groups in total. The van der Waals surface area contributed by atoms with Crippen LogP contribution in [0.2, 0.25) is 0 Å². The number of rotatable bonds is 4. The Bertz CT molecular complexity index is 885. The zero-order valence-corrected chi connectivity index (χ0v) is 14.9. The summed E-state index contributed by atoms with van der Waals surface area (Å²) in [7, 11) is 1.94. The summed E-state index contributed by atoms with van der Waals surface area (Å²) in [5.41, 5.74) is 0.861. The third-order valence-corrected chi connectivity index (χ3v) is 5.52. The molecule has 6 nitrogen and oxygen atoms in total. The summed E-state index contributed by atoms with van der Waals surface area (Å²) in [6.45, 7) is 5.91. The molecule has 0 aliphatic heterocycles. The summed E-state index contributed by atoms with van der Waals surface area (Å²) < 4.78 is 7.07. The van der Waals surface area contributed by atoms with Crippen LogP contribution in [0.15, 0.2) is 22.6 Å². The second-order valence-electron chi connectivity index (χ2n) is 4.96. The first-order valence-electron chi connectivity index (χ1n) is 7.11. The zero-order valence-electron chi connectivity index (χ0n) is 13.3. The van der Waals surface area contributed by atoms with Gasteiger partial charge >= 0.3 is 5.97 Å². The predicted octanol–water partition coefficient (Wildman–Crippen LogP) is 3.37. The van der Waals surface area contributed by atoms with Crippen molar-refractivity contribution in [2.75, 3.05) is 6.61 Å². The molecule has 3 aromatic rings. The highest BCUT2D eigenvalue weighted by Crippen LogP contribution is 2.37. The van der Waals surface area contributed by atoms with Gasteiger partial charge in [-0.2, -0.15) is 0 Å². The number of thiophene rings is 1. The Kier molecular flexibility index (Phi) is 4.36. The molecule has 0 radical (unpaired) electrons. The first kappa shape index (κ1) is 15.9. The molecule has 0 aliphatic rings. The standard InChI is InChI=1S/C15H16N4O2S2/c1-5-21-14(20)11-8(2)10-12(22-11)17-9(3)18-13(10)23-15-16-6-7-19(15)4/h6-7H,5H2,1-4H3. The average molecular weight is 348 g/mol. The molecule has 0 bridgehead atoms. The van der Waals surface area contributed by atoms with E-state index in [-0.39, 0.29) is 5.97 Å². The van der Waals surface area contributed by atoms with Crippen LogP contribution in [0.25, 0.3) is 10.2 Å². The van der Waals surface area contributed by atoms with Crippen LogP contribution < -0.4 is 0 Å². The number of imidazole rings is 1. The lowest BCUT2D eigenvalue weighted by Crippen LogP contribution is -2.03. The zero-order chi connectivity index (χ0) is 16.6. The molecular weight excluding hydrogens is 332 g/mol. The van der Waals surface area contributed by atoms with E-state index in [4.69, 9.17) is 4.74 Å². The number of nitrogens with zero attached hydrogens (tertiary/aromatic N) is 4. The Balaban J connectivity index is 2.14. The highest BCUT2D eigenvalue weighted by molar-refractivity contribution is 7.99. The number of aromatic nitrogens is 4. The summed E-state index contributed by atoms with van der Waals surface area (Å²) in [6, 6.07) is 0. The molecule has 0 amide bonds. The lowest BCUT2D eigenvalue weighted by molar-refractivity contribution is 0.0531. The fraction of sp³-hybridized carbons (Fsp3) is 0.333. The molecule has 0 spiro atoms. The maximum Gasteiger partial charge on any atom is 0.348 e. The lowest BCUT2D eigenvalue weighted by Gasteiger charge is -2.05. The van der Waals surface area contributed by atoms with Crippen molar-refractivity contribution < 1.29 is 9.53 Å². The van der Waals surface area contributed by atoms with Gasteiger partial charge in [0.1, 0.15) is 20.6 Å². The van der Waals surface area contributed by atoms with Gasteiger partial charge in [0.25, 0.3) is 0 Å². The smallest absolute Gasteiger partial charge is 0.348 e. The van der Waals surface area contributed by atoms with Crippen molar-refractivity contribution in [2.45, 2.75) is 31.0 Å². The molecule has 0 aliphatic carbocycles. The van der Waals surface area contributed by atoms with Crippen LogP contribution in [0.3, 0.4) is 0 Å². The van der Waals surface area contributed by atoms with Crippen LogP contribution >= 0.6 is 23.1 Å². The second-order valence-corrected chi connectivity index (χ2v) is 6.91. The predicted molar refractivity (Wildman–Crippen MR) is 90.2 cm³/mol. The number of hydrogen-bond donors (Lipinski definition) is 0. The molecule has 0 fully saturated rings. The summed E-state index contributed by atoms with van der Waals surface area (Å²) in [5, 5.41) is 2.55. The fourth-order valence-corrected chi connectivity index (χ4v) is 4.41. The Labute approximate surface area is 141 Å². The molecule has 0 saturated carbocycles. The average Bonchev–Trinajstić information content (AvgIpc) is 3.03. The number of ether oxygens (including phenoxy) is 1. The molecule has 0 unspecified atom stereocenters. The number of aryl methyl sites for hydroxylation is 3. The van der Waals surface area contributed by atoms with E-state index in [0.717, 1.165) is 26.0 Å². The van der Waals surface area contributed by atoms with Crippen LogP contribution in [0.5, 0.6) is 0 Å². The van der Waals surface area contributed by atoms with Gasteiger partial charge in [0.15, 0.2) is 5.16 Å². The van der Waals surface area contributed by atoms with E-state index in [1.54, 1.807) is 13.1 Å². The van der Waals surface area contributed by atoms with E-state index in [9.17, 15) is 4.79 Å². The van der Waals surface area contributed by atoms with Gasteiger partial charge in [-0.05, 0) is 38.1 Å². The van der Waals surface area contributed by atoms with Gasteiger partial charge in [-0.15, -0.1) is 11.3 Å². The number of esters is 1. The Morgan fingerprint density at radius 3 is 2.83 bits per heavy atom. The third-order valence-electron chi connectivity index (χ3n) is 3.29. The maximum absolute atomic E-state index is 12.1. The summed E-state index contributed by atoms with van der Waals surface area (Å²) >= 11 is 2.82. The molecule has 0 saturated heterocycles. The van der Waals surface area contributed by atoms with Crippen molar-refractivity contribution >= 4 is 39.3 Å². The minimum Gasteiger partial charge on any atom is -0.462 e. The minimum absolute atomic E-state index is 0.307. The molecule has 0 aromatic carbocycles. The van der Waals surface area contributed by atoms with Gasteiger partial charge in [0.2, 0.25) is 0 Å². The van der Waals surface area contributed by atoms with Crippen LogP contribution in [-0.2, 0) is 11.8 Å². The molecule has 120 valence electrons. The van der Waals surface area contributed by atoms with E-state index >= 15 is 0 Å². The van der Waals surface area contributed by atoms with Gasteiger partial charge in [0, 0.05) is 24.8 Å². The second kappa shape index (κ2) is 6.29. The third kappa shape index (κ3) is 2.96. The van der Waals surface area contributed by atoms with Gasteiger partial charge < -0.3 is 9.30 Å². The highest BCUT2D eigenvalue weighted by atomic mass is 32.2. The van der Waals surface area contributed by atoms with Gasteiger partial charge in [0.05, 0.1) is 6.61 Å². The number of fused-ring (bicyclic) bond motifs is 1. The molecule has 3 rings (SSSR count). The lowest BCUT2D eigenvalue weighted by atomic mass is 10.2. The number of hydrogen-bond acceptors (Lipinski definition) is 7. The quantitative estimate of drug-likeness (QED) is 0.532. The van der Waals surface area contributed by atoms with Crippen molar-refractivity contribution in [1.82, 2.24) is 19.5 Å². The van der Waals surface area contributed by atoms with E-state index < -0.39 is 0 Å². The summed E-state index contributed by atoms with van der Waals surface area (Å²) in [4.78, 5) is 26.9. The monoisotopic (exact) mass is 348 g/mol. The van der Waals surface area contributed by atoms with Crippen LogP contribution in [0.1, 0.15) is 28.0 Å². The van der Waals surface area contributed by atoms with E-state index in [0.29, 0.717) is 17.3 Å². The maximum atomic E-state index is 12.1. The fourth-order valence-electron chi connectivity index (χ4n) is 2.21. The highest BCUT2D eigenvalue weighted by Gasteiger charge is 2.21. The molecular formula is C15H16N4O2S2. The largest absolute Gasteiger partial charge is 0.462 e. The molecule has 8 heteroatoms. The summed E-state index contributed by atoms with van der Waals surface area (Å²) in [6.07, 6.45) is 3.64. The van der Waals surface area contributed by atoms with Crippen molar-refractivity contribution in [1.29, 1.82) is 0 Å². The number of carbonyl (C=O) groups is 1. The Morgan fingerprint density at radius 1 is 1.39 bits per heavy atom. The van der Waals surface area contributed by atoms with Crippen LogP contribution in [0.4, 0.5) is 0 Å². The topological polar surface area (TPSA) is 69.9 Å². The van der Waals surface area contributed by atoms with Crippen molar-refractivity contribution in [3.8, 4) is 0 Å². The summed E-state index contributed by atoms with van der Waals surface area (Å²) in [5.74, 6) is 0.365. The molecule has 23 heavy (non-hydrogen) atoms. The van der Waals surface area contributed by atoms with Crippen molar-refractivity contribution in [3.05, 3.63) is 28.7 Å². The first-order chi connectivity index (χ1) is 11.0. The van der Waals surface area contributed by atoms with E-state index in [1.807, 2.05) is 31.7 Å². The SMILES string of the molecule is CCOC(=O)c1sc2nc(C)nc(Sc3nccn3C)c2c1C. The van der Waals surface area contributed by atoms with E-state index in [1.165, 1.54) is 23.1 Å². The molecule has 3 aromatic heterocycles. The Morgan fingerprint density at radius 2 is 2.17 bits per heavy atom. The molecule has 3 heterocycles. The van der Waals surface area contributed by atoms with Gasteiger partial charge in [-0.1, -0.05) is 0 Å². The Hall–Kier alpha value is -1.93. The van der Waals surface area contributed by atoms with Gasteiger partial charge in [-0.25, -0.2) is 19.7 Å². The first-order valence-corrected chi connectivity index (χ1v) is 8.74. The minimum atomic E-state index is -0.307. The van der Waals surface area contributed by atoms with E-state index in [2.05, 4.69) is 15.0 Å². The number of carbonyl (C=O) groups excluding carboxylic acids is 1. The van der Waals surface area contributed by atoms with Crippen molar-refractivity contribution in [2.24, 2.45) is 7.05 Å². The normalized spacial score (nSPS) is 11.1. The molecule has 0 atom stereocenters. The van der Waals surface area contributed by atoms with Crippen LogP contribution in [-0.4, -0.2) is 32.1 Å².